The normalized spacial score (nSPS) is 26.9. The molecule has 0 saturated carbocycles. The largest absolute Gasteiger partial charge is 0.366 e. The number of rotatable bonds is 1. The van der Waals surface area contributed by atoms with E-state index in [1.54, 1.807) is 12.3 Å². The summed E-state index contributed by atoms with van der Waals surface area (Å²) in [6.07, 6.45) is 9.12. The molecule has 2 bridgehead atoms. The van der Waals surface area contributed by atoms with Crippen molar-refractivity contribution in [1.82, 2.24) is 10.3 Å². The van der Waals surface area contributed by atoms with E-state index in [-0.39, 0.29) is 5.56 Å². The molecular formula is C13H14FN3. The maximum Gasteiger partial charge on any atom is 0.228 e. The number of halogens is 1. The second-order valence-electron chi connectivity index (χ2n) is 4.66. The van der Waals surface area contributed by atoms with Crippen molar-refractivity contribution < 1.29 is 4.39 Å². The third-order valence-electron chi connectivity index (χ3n) is 3.64. The van der Waals surface area contributed by atoms with Crippen LogP contribution in [-0.2, 0) is 0 Å². The van der Waals surface area contributed by atoms with Crippen molar-refractivity contribution in [2.24, 2.45) is 0 Å². The molecule has 2 atom stereocenters. The Morgan fingerprint density at radius 1 is 1.59 bits per heavy atom. The number of anilines is 1. The molecule has 0 aromatic carbocycles. The van der Waals surface area contributed by atoms with E-state index in [9.17, 15) is 4.39 Å². The third-order valence-corrected chi connectivity index (χ3v) is 3.64. The number of nitrogens with zero attached hydrogens (tertiary/aromatic N) is 2. The highest BCUT2D eigenvalue weighted by atomic mass is 19.1. The zero-order chi connectivity index (χ0) is 11.8. The molecule has 4 heteroatoms. The first-order chi connectivity index (χ1) is 8.28. The van der Waals surface area contributed by atoms with Crippen LogP contribution in [0.25, 0.3) is 0 Å². The lowest BCUT2D eigenvalue weighted by atomic mass is 10.1. The van der Waals surface area contributed by atoms with Crippen LogP contribution in [0.2, 0.25) is 0 Å². The fourth-order valence-corrected chi connectivity index (χ4v) is 2.80. The van der Waals surface area contributed by atoms with Crippen LogP contribution in [0.1, 0.15) is 18.4 Å². The lowest BCUT2D eigenvalue weighted by Crippen LogP contribution is -2.35. The van der Waals surface area contributed by atoms with Gasteiger partial charge in [-0.1, -0.05) is 5.92 Å². The predicted molar refractivity (Wildman–Crippen MR) is 64.3 cm³/mol. The third kappa shape index (κ3) is 1.77. The first-order valence-electron chi connectivity index (χ1n) is 5.90. The molecule has 88 valence electrons. The van der Waals surface area contributed by atoms with Crippen LogP contribution in [0, 0.1) is 18.3 Å². The Hall–Kier alpha value is -1.60. The SMILES string of the molecule is C#Cc1cc(N2C[C@@H]3C[C@H]2CCN3)cnc1F. The first kappa shape index (κ1) is 10.5. The minimum atomic E-state index is -0.559. The van der Waals surface area contributed by atoms with E-state index in [4.69, 9.17) is 6.42 Å². The van der Waals surface area contributed by atoms with Gasteiger partial charge in [-0.05, 0) is 25.5 Å². The topological polar surface area (TPSA) is 28.2 Å². The van der Waals surface area contributed by atoms with E-state index < -0.39 is 5.95 Å². The summed E-state index contributed by atoms with van der Waals surface area (Å²) in [7, 11) is 0. The Bertz CT molecular complexity index is 480. The Labute approximate surface area is 100 Å². The molecule has 3 heterocycles. The second kappa shape index (κ2) is 4.01. The van der Waals surface area contributed by atoms with Crippen molar-refractivity contribution in [2.45, 2.75) is 24.9 Å². The van der Waals surface area contributed by atoms with Crippen LogP contribution in [0.5, 0.6) is 0 Å². The highest BCUT2D eigenvalue weighted by molar-refractivity contribution is 5.52. The second-order valence-corrected chi connectivity index (χ2v) is 4.66. The van der Waals surface area contributed by atoms with Crippen molar-refractivity contribution in [1.29, 1.82) is 0 Å². The van der Waals surface area contributed by atoms with Gasteiger partial charge in [-0.3, -0.25) is 0 Å². The van der Waals surface area contributed by atoms with Crippen LogP contribution < -0.4 is 10.2 Å². The van der Waals surface area contributed by atoms with Gasteiger partial charge >= 0.3 is 0 Å². The van der Waals surface area contributed by atoms with Crippen LogP contribution in [-0.4, -0.2) is 30.2 Å². The number of pyridine rings is 1. The molecule has 0 spiro atoms. The minimum absolute atomic E-state index is 0.247. The zero-order valence-electron chi connectivity index (χ0n) is 9.49. The molecule has 2 aliphatic rings. The standard InChI is InChI=1S/C13H14FN3/c1-2-9-5-12(7-16-13(9)14)17-8-10-6-11(17)3-4-15-10/h1,5,7,10-11,15H,3-4,6,8H2/t10-,11+/m0/s1. The van der Waals surface area contributed by atoms with Gasteiger partial charge in [0.15, 0.2) is 0 Å². The fraction of sp³-hybridized carbons (Fsp3) is 0.462. The van der Waals surface area contributed by atoms with Crippen molar-refractivity contribution in [2.75, 3.05) is 18.0 Å². The monoisotopic (exact) mass is 231 g/mol. The Morgan fingerprint density at radius 2 is 2.47 bits per heavy atom. The number of piperidine rings is 1. The maximum absolute atomic E-state index is 13.2. The summed E-state index contributed by atoms with van der Waals surface area (Å²) in [5.74, 6) is 1.78. The molecular weight excluding hydrogens is 217 g/mol. The molecule has 0 amide bonds. The highest BCUT2D eigenvalue weighted by Crippen LogP contribution is 2.30. The van der Waals surface area contributed by atoms with E-state index in [0.717, 1.165) is 31.6 Å². The fourth-order valence-electron chi connectivity index (χ4n) is 2.80. The molecule has 2 fully saturated rings. The summed E-state index contributed by atoms with van der Waals surface area (Å²) < 4.78 is 13.2. The molecule has 3 rings (SSSR count). The average Bonchev–Trinajstić information content (AvgIpc) is 2.65. The molecule has 1 N–H and O–H groups in total. The number of nitrogens with one attached hydrogen (secondary N) is 1. The molecule has 1 aromatic heterocycles. The van der Waals surface area contributed by atoms with Crippen LogP contribution in [0.4, 0.5) is 10.1 Å². The lowest BCUT2D eigenvalue weighted by molar-refractivity contribution is 0.449. The van der Waals surface area contributed by atoms with Crippen molar-refractivity contribution in [3.8, 4) is 12.3 Å². The van der Waals surface area contributed by atoms with Crippen molar-refractivity contribution >= 4 is 5.69 Å². The Kier molecular flexibility index (Phi) is 2.49. The van der Waals surface area contributed by atoms with Gasteiger partial charge in [0.1, 0.15) is 0 Å². The average molecular weight is 231 g/mol. The van der Waals surface area contributed by atoms with Gasteiger partial charge in [0.2, 0.25) is 5.95 Å². The summed E-state index contributed by atoms with van der Waals surface area (Å²) in [5, 5.41) is 3.47. The summed E-state index contributed by atoms with van der Waals surface area (Å²) in [4.78, 5) is 6.03. The van der Waals surface area contributed by atoms with Crippen LogP contribution >= 0.6 is 0 Å². The smallest absolute Gasteiger partial charge is 0.228 e. The summed E-state index contributed by atoms with van der Waals surface area (Å²) in [5.41, 5.74) is 1.19. The summed E-state index contributed by atoms with van der Waals surface area (Å²) in [6.45, 7) is 2.02. The van der Waals surface area contributed by atoms with Gasteiger partial charge in [-0.15, -0.1) is 6.42 Å². The molecule has 1 aromatic rings. The molecule has 0 radical (unpaired) electrons. The predicted octanol–water partition coefficient (Wildman–Crippen LogP) is 1.14. The minimum Gasteiger partial charge on any atom is -0.366 e. The highest BCUT2D eigenvalue weighted by Gasteiger charge is 2.35. The first-order valence-corrected chi connectivity index (χ1v) is 5.90. The van der Waals surface area contributed by atoms with Crippen LogP contribution in [0.15, 0.2) is 12.3 Å². The number of hydrogen-bond donors (Lipinski definition) is 1. The van der Waals surface area contributed by atoms with Gasteiger partial charge < -0.3 is 10.2 Å². The van der Waals surface area contributed by atoms with Gasteiger partial charge in [0, 0.05) is 18.6 Å². The van der Waals surface area contributed by atoms with Crippen molar-refractivity contribution in [3.05, 3.63) is 23.8 Å². The molecule has 0 unspecified atom stereocenters. The molecule has 3 nitrogen and oxygen atoms in total. The molecule has 2 aliphatic heterocycles. The number of terminal acetylenes is 1. The number of aromatic nitrogens is 1. The lowest BCUT2D eigenvalue weighted by Gasteiger charge is -2.26. The zero-order valence-corrected chi connectivity index (χ0v) is 9.49. The Balaban J connectivity index is 1.92. The van der Waals surface area contributed by atoms with E-state index in [1.807, 2.05) is 0 Å². The summed E-state index contributed by atoms with van der Waals surface area (Å²) >= 11 is 0. The summed E-state index contributed by atoms with van der Waals surface area (Å²) in [6, 6.07) is 2.82. The Morgan fingerprint density at radius 3 is 3.24 bits per heavy atom. The van der Waals surface area contributed by atoms with E-state index >= 15 is 0 Å². The maximum atomic E-state index is 13.2. The molecule has 17 heavy (non-hydrogen) atoms. The van der Waals surface area contributed by atoms with Crippen LogP contribution in [0.3, 0.4) is 0 Å². The van der Waals surface area contributed by atoms with Gasteiger partial charge in [-0.2, -0.15) is 4.39 Å². The van der Waals surface area contributed by atoms with E-state index in [0.29, 0.717) is 12.1 Å². The van der Waals surface area contributed by atoms with E-state index in [1.165, 1.54) is 0 Å². The quantitative estimate of drug-likeness (QED) is 0.580. The van der Waals surface area contributed by atoms with Gasteiger partial charge in [0.25, 0.3) is 0 Å². The van der Waals surface area contributed by atoms with Gasteiger partial charge in [-0.25, -0.2) is 4.98 Å². The molecule has 2 saturated heterocycles. The van der Waals surface area contributed by atoms with E-state index in [2.05, 4.69) is 21.1 Å². The molecule has 0 aliphatic carbocycles. The number of fused-ring (bicyclic) bond motifs is 2. The van der Waals surface area contributed by atoms with Gasteiger partial charge in [0.05, 0.1) is 17.4 Å². The van der Waals surface area contributed by atoms with Crippen molar-refractivity contribution in [3.63, 3.8) is 0 Å². The number of hydrogen-bond acceptors (Lipinski definition) is 3.